The van der Waals surface area contributed by atoms with Gasteiger partial charge in [0.25, 0.3) is 0 Å². The Morgan fingerprint density at radius 1 is 0.944 bits per heavy atom. The molecule has 0 saturated heterocycles. The van der Waals surface area contributed by atoms with E-state index in [0.29, 0.717) is 6.61 Å². The van der Waals surface area contributed by atoms with E-state index in [0.717, 1.165) is 47.7 Å². The molecule has 5 aromatic rings. The topological polar surface area (TPSA) is 36.3 Å². The molecule has 0 aliphatic carbocycles. The summed E-state index contributed by atoms with van der Waals surface area (Å²) in [7, 11) is 1.70. The lowest BCUT2D eigenvalue weighted by molar-refractivity contribution is 0.299. The molecule has 0 amide bonds. The fourth-order valence-electron chi connectivity index (χ4n) is 4.82. The van der Waals surface area contributed by atoms with Gasteiger partial charge in [0.1, 0.15) is 17.3 Å². The molecule has 1 aromatic heterocycles. The molecule has 0 bridgehead atoms. The molecule has 0 spiro atoms. The number of nitrogens with zero attached hydrogens (tertiary/aromatic N) is 2. The van der Waals surface area contributed by atoms with Crippen molar-refractivity contribution in [2.75, 3.05) is 13.7 Å². The molecule has 0 aliphatic rings. The molecule has 4 heteroatoms. The van der Waals surface area contributed by atoms with Crippen LogP contribution < -0.4 is 9.47 Å². The number of fused-ring (bicyclic) bond motifs is 2. The third-order valence-electron chi connectivity index (χ3n) is 6.76. The quantitative estimate of drug-likeness (QED) is 0.154. The molecule has 0 radical (unpaired) electrons. The van der Waals surface area contributed by atoms with Gasteiger partial charge >= 0.3 is 0 Å². The number of aryl methyl sites for hydroxylation is 1. The van der Waals surface area contributed by atoms with Crippen LogP contribution in [0.2, 0.25) is 0 Å². The van der Waals surface area contributed by atoms with Crippen molar-refractivity contribution in [3.05, 3.63) is 115 Å². The Bertz CT molecular complexity index is 1500. The second-order valence-corrected chi connectivity index (χ2v) is 9.11. The maximum Gasteiger partial charge on any atom is 0.122 e. The van der Waals surface area contributed by atoms with Crippen LogP contribution in [-0.4, -0.2) is 23.3 Å². The van der Waals surface area contributed by atoms with Gasteiger partial charge in [-0.1, -0.05) is 67.6 Å². The summed E-state index contributed by atoms with van der Waals surface area (Å²) >= 11 is 0. The summed E-state index contributed by atoms with van der Waals surface area (Å²) in [5.41, 5.74) is 4.61. The Morgan fingerprint density at radius 2 is 1.72 bits per heavy atom. The van der Waals surface area contributed by atoms with Gasteiger partial charge in [-0.05, 0) is 65.1 Å². The summed E-state index contributed by atoms with van der Waals surface area (Å²) in [6.45, 7) is 7.59. The van der Waals surface area contributed by atoms with Crippen LogP contribution in [0.5, 0.6) is 11.5 Å². The van der Waals surface area contributed by atoms with Crippen LogP contribution in [0.25, 0.3) is 21.8 Å². The minimum absolute atomic E-state index is 0.151. The average molecular weight is 477 g/mol. The van der Waals surface area contributed by atoms with Crippen molar-refractivity contribution in [2.45, 2.75) is 32.2 Å². The SMILES string of the molecule is C=CCc1ccccc1OCCCn1c(C(C)c2ccc3cc(OC)ccc3c2)nc2ccccc21. The molecule has 0 N–H and O–H groups in total. The molecule has 1 atom stereocenters. The van der Waals surface area contributed by atoms with Crippen molar-refractivity contribution >= 4 is 21.8 Å². The predicted molar refractivity (Wildman–Crippen MR) is 148 cm³/mol. The van der Waals surface area contributed by atoms with Crippen LogP contribution in [0.4, 0.5) is 0 Å². The Hall–Kier alpha value is -4.05. The lowest BCUT2D eigenvalue weighted by Gasteiger charge is -2.17. The molecule has 36 heavy (non-hydrogen) atoms. The number of allylic oxidation sites excluding steroid dienone is 1. The lowest BCUT2D eigenvalue weighted by atomic mass is 9.97. The van der Waals surface area contributed by atoms with Gasteiger partial charge in [0.15, 0.2) is 0 Å². The Labute approximate surface area is 212 Å². The molecular weight excluding hydrogens is 444 g/mol. The van der Waals surface area contributed by atoms with Crippen molar-refractivity contribution in [1.29, 1.82) is 0 Å². The molecule has 1 heterocycles. The van der Waals surface area contributed by atoms with E-state index >= 15 is 0 Å². The molecule has 0 saturated carbocycles. The highest BCUT2D eigenvalue weighted by Crippen LogP contribution is 2.31. The highest BCUT2D eigenvalue weighted by atomic mass is 16.5. The molecule has 0 aliphatic heterocycles. The molecular formula is C32H32N2O2. The zero-order chi connectivity index (χ0) is 24.9. The molecule has 182 valence electrons. The van der Waals surface area contributed by atoms with Gasteiger partial charge in [0.2, 0.25) is 0 Å². The van der Waals surface area contributed by atoms with Crippen LogP contribution in [-0.2, 0) is 13.0 Å². The number of methoxy groups -OCH3 is 1. The van der Waals surface area contributed by atoms with Gasteiger partial charge in [-0.2, -0.15) is 0 Å². The van der Waals surface area contributed by atoms with Crippen molar-refractivity contribution < 1.29 is 9.47 Å². The second kappa shape index (κ2) is 10.7. The molecule has 5 rings (SSSR count). The number of benzene rings is 4. The monoisotopic (exact) mass is 476 g/mol. The Kier molecular flexibility index (Phi) is 7.03. The second-order valence-electron chi connectivity index (χ2n) is 9.11. The Morgan fingerprint density at radius 3 is 2.58 bits per heavy atom. The first kappa shape index (κ1) is 23.7. The van der Waals surface area contributed by atoms with Gasteiger partial charge in [-0.3, -0.25) is 0 Å². The van der Waals surface area contributed by atoms with Crippen molar-refractivity contribution in [3.8, 4) is 11.5 Å². The smallest absolute Gasteiger partial charge is 0.122 e. The fourth-order valence-corrected chi connectivity index (χ4v) is 4.82. The maximum atomic E-state index is 6.16. The number of hydrogen-bond donors (Lipinski definition) is 0. The fraction of sp³-hybridized carbons (Fsp3) is 0.219. The third kappa shape index (κ3) is 4.85. The van der Waals surface area contributed by atoms with E-state index in [-0.39, 0.29) is 5.92 Å². The third-order valence-corrected chi connectivity index (χ3v) is 6.76. The minimum Gasteiger partial charge on any atom is -0.497 e. The Balaban J connectivity index is 1.38. The zero-order valence-corrected chi connectivity index (χ0v) is 21.0. The first-order chi connectivity index (χ1) is 17.7. The van der Waals surface area contributed by atoms with Crippen LogP contribution >= 0.6 is 0 Å². The van der Waals surface area contributed by atoms with Crippen LogP contribution in [0.1, 0.15) is 36.2 Å². The molecule has 4 nitrogen and oxygen atoms in total. The van der Waals surface area contributed by atoms with E-state index in [1.807, 2.05) is 30.3 Å². The predicted octanol–water partition coefficient (Wildman–Crippen LogP) is 7.55. The summed E-state index contributed by atoms with van der Waals surface area (Å²) < 4.78 is 13.9. The highest BCUT2D eigenvalue weighted by molar-refractivity contribution is 5.85. The number of rotatable bonds is 10. The number of aromatic nitrogens is 2. The van der Waals surface area contributed by atoms with E-state index < -0.39 is 0 Å². The van der Waals surface area contributed by atoms with E-state index in [1.165, 1.54) is 21.9 Å². The highest BCUT2D eigenvalue weighted by Gasteiger charge is 2.18. The van der Waals surface area contributed by atoms with Crippen LogP contribution in [0, 0.1) is 0 Å². The van der Waals surface area contributed by atoms with E-state index in [2.05, 4.69) is 78.7 Å². The summed E-state index contributed by atoms with van der Waals surface area (Å²) in [6, 6.07) is 29.4. The number of imidazole rings is 1. The van der Waals surface area contributed by atoms with Crippen molar-refractivity contribution in [1.82, 2.24) is 9.55 Å². The standard InChI is InChI=1S/C32H32N2O2/c1-4-10-24-11-5-8-14-31(24)36-20-9-19-34-30-13-7-6-12-29(30)33-32(34)23(2)25-15-16-27-22-28(35-3)18-17-26(27)21-25/h4-8,11-18,21-23H,1,9-10,19-20H2,2-3H3. The van der Waals surface area contributed by atoms with Gasteiger partial charge in [-0.15, -0.1) is 6.58 Å². The van der Waals surface area contributed by atoms with Crippen LogP contribution in [0.3, 0.4) is 0 Å². The zero-order valence-electron chi connectivity index (χ0n) is 21.0. The van der Waals surface area contributed by atoms with Crippen molar-refractivity contribution in [2.24, 2.45) is 0 Å². The van der Waals surface area contributed by atoms with E-state index in [1.54, 1.807) is 7.11 Å². The summed E-state index contributed by atoms with van der Waals surface area (Å²) in [5, 5.41) is 2.38. The first-order valence-corrected chi connectivity index (χ1v) is 12.5. The number of hydrogen-bond acceptors (Lipinski definition) is 3. The number of ether oxygens (including phenoxy) is 2. The largest absolute Gasteiger partial charge is 0.497 e. The van der Waals surface area contributed by atoms with Gasteiger partial charge in [-0.25, -0.2) is 4.98 Å². The van der Waals surface area contributed by atoms with Gasteiger partial charge in [0.05, 0.1) is 24.8 Å². The van der Waals surface area contributed by atoms with Crippen molar-refractivity contribution in [3.63, 3.8) is 0 Å². The summed E-state index contributed by atoms with van der Waals surface area (Å²) in [4.78, 5) is 5.06. The average Bonchev–Trinajstić information content (AvgIpc) is 3.29. The van der Waals surface area contributed by atoms with Crippen LogP contribution in [0.15, 0.2) is 97.6 Å². The summed E-state index contributed by atoms with van der Waals surface area (Å²) in [6.07, 6.45) is 3.61. The molecule has 1 unspecified atom stereocenters. The van der Waals surface area contributed by atoms with E-state index in [4.69, 9.17) is 14.5 Å². The lowest BCUT2D eigenvalue weighted by Crippen LogP contribution is -2.11. The minimum atomic E-state index is 0.151. The molecule has 0 fully saturated rings. The van der Waals surface area contributed by atoms with Gasteiger partial charge < -0.3 is 14.0 Å². The summed E-state index contributed by atoms with van der Waals surface area (Å²) in [5.74, 6) is 3.04. The number of para-hydroxylation sites is 3. The van der Waals surface area contributed by atoms with Gasteiger partial charge in [0, 0.05) is 12.5 Å². The first-order valence-electron chi connectivity index (χ1n) is 12.5. The normalized spacial score (nSPS) is 12.1. The maximum absolute atomic E-state index is 6.16. The molecule has 4 aromatic carbocycles. The van der Waals surface area contributed by atoms with E-state index in [9.17, 15) is 0 Å².